The molecule has 5 heteroatoms. The second-order valence-electron chi connectivity index (χ2n) is 7.40. The van der Waals surface area contributed by atoms with E-state index >= 15 is 0 Å². The van der Waals surface area contributed by atoms with Crippen molar-refractivity contribution < 1.29 is 19.1 Å². The number of aryl methyl sites for hydroxylation is 1. The summed E-state index contributed by atoms with van der Waals surface area (Å²) in [5.74, 6) is -1.31. The van der Waals surface area contributed by atoms with Gasteiger partial charge in [-0.25, -0.2) is 0 Å². The molecule has 1 aliphatic rings. The number of ether oxygens (including phenoxy) is 2. The molecule has 4 nitrogen and oxygen atoms in total. The lowest BCUT2D eigenvalue weighted by Crippen LogP contribution is -2.56. The van der Waals surface area contributed by atoms with Crippen LogP contribution in [0.3, 0.4) is 0 Å². The van der Waals surface area contributed by atoms with Crippen LogP contribution in [0.1, 0.15) is 37.8 Å². The van der Waals surface area contributed by atoms with E-state index in [2.05, 4.69) is 0 Å². The Labute approximate surface area is 170 Å². The molecule has 3 unspecified atom stereocenters. The third-order valence-electron chi connectivity index (χ3n) is 5.34. The summed E-state index contributed by atoms with van der Waals surface area (Å²) in [5.41, 5.74) is 2.51. The normalized spacial score (nSPS) is 25.2. The fourth-order valence-corrected chi connectivity index (χ4v) is 3.98. The number of hydrogen-bond acceptors (Lipinski definition) is 4. The van der Waals surface area contributed by atoms with Crippen molar-refractivity contribution in [1.29, 1.82) is 0 Å². The Morgan fingerprint density at radius 3 is 2.36 bits per heavy atom. The van der Waals surface area contributed by atoms with Gasteiger partial charge in [0.25, 0.3) is 0 Å². The van der Waals surface area contributed by atoms with E-state index in [1.54, 1.807) is 13.8 Å². The highest BCUT2D eigenvalue weighted by Crippen LogP contribution is 2.37. The molecular weight excluding hydrogens is 376 g/mol. The van der Waals surface area contributed by atoms with Crippen molar-refractivity contribution in [3.8, 4) is 11.1 Å². The lowest BCUT2D eigenvalue weighted by Gasteiger charge is -2.39. The van der Waals surface area contributed by atoms with E-state index in [1.807, 2.05) is 49.4 Å². The summed E-state index contributed by atoms with van der Waals surface area (Å²) in [6.07, 6.45) is 0.0514. The Morgan fingerprint density at radius 2 is 1.75 bits per heavy atom. The topological polar surface area (TPSA) is 52.6 Å². The van der Waals surface area contributed by atoms with Gasteiger partial charge in [0.1, 0.15) is 17.6 Å². The summed E-state index contributed by atoms with van der Waals surface area (Å²) < 4.78 is 11.0. The van der Waals surface area contributed by atoms with Crippen molar-refractivity contribution in [3.05, 3.63) is 58.6 Å². The summed E-state index contributed by atoms with van der Waals surface area (Å²) in [4.78, 5) is 26.3. The van der Waals surface area contributed by atoms with Crippen molar-refractivity contribution in [2.75, 3.05) is 13.7 Å². The SMILES string of the molecule is CCc1ccc(-c2ccc(Cl)cc2)cc1C1C(=O)C(C)OC(C)(COC)C1=O. The van der Waals surface area contributed by atoms with Crippen LogP contribution in [0.5, 0.6) is 0 Å². The van der Waals surface area contributed by atoms with Crippen molar-refractivity contribution in [2.45, 2.75) is 44.8 Å². The van der Waals surface area contributed by atoms with Crippen LogP contribution >= 0.6 is 11.6 Å². The average molecular weight is 401 g/mol. The second kappa shape index (κ2) is 8.16. The number of benzene rings is 2. The molecule has 2 aromatic rings. The highest BCUT2D eigenvalue weighted by atomic mass is 35.5. The van der Waals surface area contributed by atoms with Crippen LogP contribution in [-0.2, 0) is 25.5 Å². The zero-order valence-corrected chi connectivity index (χ0v) is 17.4. The Balaban J connectivity index is 2.11. The third kappa shape index (κ3) is 3.77. The van der Waals surface area contributed by atoms with E-state index in [4.69, 9.17) is 21.1 Å². The zero-order valence-electron chi connectivity index (χ0n) is 16.6. The lowest BCUT2D eigenvalue weighted by molar-refractivity contribution is -0.177. The van der Waals surface area contributed by atoms with E-state index in [-0.39, 0.29) is 18.2 Å². The van der Waals surface area contributed by atoms with E-state index in [0.717, 1.165) is 28.7 Å². The van der Waals surface area contributed by atoms with Crippen molar-refractivity contribution in [1.82, 2.24) is 0 Å². The minimum atomic E-state index is -1.14. The molecule has 0 radical (unpaired) electrons. The van der Waals surface area contributed by atoms with Crippen LogP contribution in [0.4, 0.5) is 0 Å². The van der Waals surface area contributed by atoms with Gasteiger partial charge in [0.15, 0.2) is 11.6 Å². The first kappa shape index (κ1) is 20.7. The summed E-state index contributed by atoms with van der Waals surface area (Å²) in [7, 11) is 1.52. The number of carbonyl (C=O) groups is 2. The largest absolute Gasteiger partial charge is 0.381 e. The number of ketones is 2. The molecular formula is C23H25ClO4. The maximum Gasteiger partial charge on any atom is 0.181 e. The fourth-order valence-electron chi connectivity index (χ4n) is 3.86. The van der Waals surface area contributed by atoms with Gasteiger partial charge in [-0.3, -0.25) is 9.59 Å². The fraction of sp³-hybridized carbons (Fsp3) is 0.391. The van der Waals surface area contributed by atoms with Crippen LogP contribution in [0.2, 0.25) is 5.02 Å². The Kier molecular flexibility index (Phi) is 6.04. The van der Waals surface area contributed by atoms with Crippen LogP contribution in [0.15, 0.2) is 42.5 Å². The maximum absolute atomic E-state index is 13.3. The Bertz CT molecular complexity index is 890. The van der Waals surface area contributed by atoms with Gasteiger partial charge in [-0.1, -0.05) is 42.8 Å². The van der Waals surface area contributed by atoms with E-state index in [9.17, 15) is 9.59 Å². The standard InChI is InChI=1S/C23H25ClO4/c1-5-15-6-7-17(16-8-10-18(24)11-9-16)12-19(15)20-21(25)14(2)28-23(3,13-27-4)22(20)26/h6-12,14,20H,5,13H2,1-4H3. The van der Waals surface area contributed by atoms with Gasteiger partial charge in [0.2, 0.25) is 0 Å². The van der Waals surface area contributed by atoms with Crippen molar-refractivity contribution in [3.63, 3.8) is 0 Å². The van der Waals surface area contributed by atoms with Crippen molar-refractivity contribution >= 4 is 23.2 Å². The summed E-state index contributed by atoms with van der Waals surface area (Å²) in [6.45, 7) is 5.53. The molecule has 0 aromatic heterocycles. The molecule has 0 aliphatic carbocycles. The van der Waals surface area contributed by atoms with Gasteiger partial charge < -0.3 is 9.47 Å². The number of Topliss-reactive ketones (excluding diaryl/α,β-unsaturated/α-hetero) is 2. The molecule has 0 spiro atoms. The summed E-state index contributed by atoms with van der Waals surface area (Å²) in [5, 5.41) is 0.660. The van der Waals surface area contributed by atoms with E-state index < -0.39 is 17.6 Å². The average Bonchev–Trinajstić information content (AvgIpc) is 2.67. The molecule has 3 rings (SSSR count). The first-order valence-corrected chi connectivity index (χ1v) is 9.82. The predicted molar refractivity (Wildman–Crippen MR) is 110 cm³/mol. The number of rotatable bonds is 5. The number of methoxy groups -OCH3 is 1. The lowest BCUT2D eigenvalue weighted by atomic mass is 9.76. The molecule has 0 N–H and O–H groups in total. The van der Waals surface area contributed by atoms with E-state index in [1.165, 1.54) is 7.11 Å². The predicted octanol–water partition coefficient (Wildman–Crippen LogP) is 4.62. The number of halogens is 1. The van der Waals surface area contributed by atoms with E-state index in [0.29, 0.717) is 5.02 Å². The maximum atomic E-state index is 13.3. The quantitative estimate of drug-likeness (QED) is 0.687. The molecule has 1 fully saturated rings. The summed E-state index contributed by atoms with van der Waals surface area (Å²) >= 11 is 6.00. The molecule has 3 atom stereocenters. The van der Waals surface area contributed by atoms with Gasteiger partial charge in [-0.05, 0) is 60.7 Å². The Hall–Kier alpha value is -2.01. The smallest absolute Gasteiger partial charge is 0.181 e. The van der Waals surface area contributed by atoms with Crippen LogP contribution in [0, 0.1) is 0 Å². The minimum absolute atomic E-state index is 0.109. The number of carbonyl (C=O) groups excluding carboxylic acids is 2. The second-order valence-corrected chi connectivity index (χ2v) is 7.83. The van der Waals surface area contributed by atoms with Gasteiger partial charge in [-0.2, -0.15) is 0 Å². The monoisotopic (exact) mass is 400 g/mol. The first-order valence-electron chi connectivity index (χ1n) is 9.44. The van der Waals surface area contributed by atoms with Crippen LogP contribution < -0.4 is 0 Å². The van der Waals surface area contributed by atoms with Gasteiger partial charge >= 0.3 is 0 Å². The highest BCUT2D eigenvalue weighted by Gasteiger charge is 2.50. The molecule has 28 heavy (non-hydrogen) atoms. The number of hydrogen-bond donors (Lipinski definition) is 0. The zero-order chi connectivity index (χ0) is 20.5. The molecule has 148 valence electrons. The van der Waals surface area contributed by atoms with Crippen molar-refractivity contribution in [2.24, 2.45) is 0 Å². The Morgan fingerprint density at radius 1 is 1.11 bits per heavy atom. The molecule has 0 bridgehead atoms. The van der Waals surface area contributed by atoms with Gasteiger partial charge in [-0.15, -0.1) is 0 Å². The third-order valence-corrected chi connectivity index (χ3v) is 5.59. The van der Waals surface area contributed by atoms with Crippen LogP contribution in [0.25, 0.3) is 11.1 Å². The minimum Gasteiger partial charge on any atom is -0.381 e. The van der Waals surface area contributed by atoms with Gasteiger partial charge in [0, 0.05) is 12.1 Å². The molecule has 2 aromatic carbocycles. The molecule has 1 aliphatic heterocycles. The van der Waals surface area contributed by atoms with Gasteiger partial charge in [0.05, 0.1) is 6.61 Å². The molecule has 0 saturated carbocycles. The highest BCUT2D eigenvalue weighted by molar-refractivity contribution is 6.30. The molecule has 0 amide bonds. The first-order chi connectivity index (χ1) is 13.3. The molecule has 1 heterocycles. The van der Waals surface area contributed by atoms with Crippen LogP contribution in [-0.4, -0.2) is 37.0 Å². The molecule has 1 saturated heterocycles. The summed E-state index contributed by atoms with van der Waals surface area (Å²) in [6, 6.07) is 13.5.